The quantitative estimate of drug-likeness (QED) is 0.678. The number of nitrogens with one attached hydrogen (secondary N) is 2. The van der Waals surface area contributed by atoms with Crippen LogP contribution in [0.3, 0.4) is 0 Å². The van der Waals surface area contributed by atoms with Crippen molar-refractivity contribution in [1.29, 1.82) is 0 Å². The number of amides is 2. The van der Waals surface area contributed by atoms with Crippen LogP contribution in [0.1, 0.15) is 29.8 Å². The molecule has 5 nitrogen and oxygen atoms in total. The third-order valence-corrected chi connectivity index (χ3v) is 2.78. The summed E-state index contributed by atoms with van der Waals surface area (Å²) in [6.45, 7) is 4.56. The molecule has 1 aromatic rings. The van der Waals surface area contributed by atoms with Gasteiger partial charge < -0.3 is 16.4 Å². The van der Waals surface area contributed by atoms with Crippen LogP contribution in [-0.4, -0.2) is 29.9 Å². The highest BCUT2D eigenvalue weighted by molar-refractivity contribution is 7.80. The highest BCUT2D eigenvalue weighted by Crippen LogP contribution is 2.04. The minimum absolute atomic E-state index is 0.0391. The van der Waals surface area contributed by atoms with Gasteiger partial charge in [0.2, 0.25) is 5.91 Å². The Morgan fingerprint density at radius 2 is 1.70 bits per heavy atom. The van der Waals surface area contributed by atoms with E-state index in [9.17, 15) is 9.59 Å². The second-order valence-corrected chi connectivity index (χ2v) is 5.26. The van der Waals surface area contributed by atoms with Crippen molar-refractivity contribution in [2.24, 2.45) is 11.7 Å². The third kappa shape index (κ3) is 5.36. The number of nitrogens with two attached hydrogens (primary N) is 1. The fourth-order valence-electron chi connectivity index (χ4n) is 1.43. The van der Waals surface area contributed by atoms with Crippen LogP contribution in [0.4, 0.5) is 0 Å². The highest BCUT2D eigenvalue weighted by atomic mass is 32.1. The molecule has 0 spiro atoms. The van der Waals surface area contributed by atoms with Gasteiger partial charge in [-0.05, 0) is 18.1 Å². The molecule has 0 aromatic heterocycles. The number of rotatable bonds is 6. The van der Waals surface area contributed by atoms with Crippen LogP contribution in [-0.2, 0) is 4.79 Å². The molecule has 0 aliphatic heterocycles. The lowest BCUT2D eigenvalue weighted by atomic mass is 10.1. The predicted molar refractivity (Wildman–Crippen MR) is 82.5 cm³/mol. The molecule has 0 atom stereocenters. The van der Waals surface area contributed by atoms with Gasteiger partial charge in [-0.3, -0.25) is 9.59 Å². The minimum atomic E-state index is -0.306. The van der Waals surface area contributed by atoms with Crippen LogP contribution < -0.4 is 16.4 Å². The number of carbonyl (C=O) groups is 2. The molecule has 2 amide bonds. The maximum Gasteiger partial charge on any atom is 0.251 e. The zero-order valence-electron chi connectivity index (χ0n) is 11.6. The van der Waals surface area contributed by atoms with E-state index in [1.807, 2.05) is 13.8 Å². The SMILES string of the molecule is CC(C)CNC(=O)CNC(=O)c1ccc(C(N)=S)cc1. The zero-order chi connectivity index (χ0) is 15.1. The van der Waals surface area contributed by atoms with Crippen molar-refractivity contribution in [1.82, 2.24) is 10.6 Å². The Balaban J connectivity index is 2.46. The van der Waals surface area contributed by atoms with E-state index < -0.39 is 0 Å². The molecule has 0 radical (unpaired) electrons. The first-order chi connectivity index (χ1) is 9.40. The van der Waals surface area contributed by atoms with Crippen LogP contribution >= 0.6 is 12.2 Å². The van der Waals surface area contributed by atoms with Gasteiger partial charge in [0.05, 0.1) is 6.54 Å². The van der Waals surface area contributed by atoms with Gasteiger partial charge in [0.25, 0.3) is 5.91 Å². The minimum Gasteiger partial charge on any atom is -0.389 e. The van der Waals surface area contributed by atoms with Crippen molar-refractivity contribution in [3.8, 4) is 0 Å². The monoisotopic (exact) mass is 293 g/mol. The highest BCUT2D eigenvalue weighted by Gasteiger charge is 2.08. The Kier molecular flexibility index (Phi) is 6.11. The van der Waals surface area contributed by atoms with E-state index in [2.05, 4.69) is 10.6 Å². The Hall–Kier alpha value is -1.95. The summed E-state index contributed by atoms with van der Waals surface area (Å²) in [6, 6.07) is 6.60. The second kappa shape index (κ2) is 7.59. The normalized spacial score (nSPS) is 10.2. The molecular formula is C14H19N3O2S. The summed E-state index contributed by atoms with van der Waals surface area (Å²) in [5, 5.41) is 5.28. The van der Waals surface area contributed by atoms with Crippen LogP contribution in [0.15, 0.2) is 24.3 Å². The summed E-state index contributed by atoms with van der Waals surface area (Å²) in [4.78, 5) is 23.6. The number of benzene rings is 1. The van der Waals surface area contributed by atoms with Crippen LogP contribution in [0, 0.1) is 5.92 Å². The van der Waals surface area contributed by atoms with Crippen LogP contribution in [0.2, 0.25) is 0 Å². The molecule has 1 aromatic carbocycles. The van der Waals surface area contributed by atoms with E-state index >= 15 is 0 Å². The van der Waals surface area contributed by atoms with Crippen molar-refractivity contribution in [2.45, 2.75) is 13.8 Å². The molecule has 0 aliphatic carbocycles. The van der Waals surface area contributed by atoms with Crippen LogP contribution in [0.25, 0.3) is 0 Å². The number of carbonyl (C=O) groups excluding carboxylic acids is 2. The summed E-state index contributed by atoms with van der Waals surface area (Å²) in [5.41, 5.74) is 6.63. The average molecular weight is 293 g/mol. The summed E-state index contributed by atoms with van der Waals surface area (Å²) < 4.78 is 0. The number of thiocarbonyl (C=S) groups is 1. The Morgan fingerprint density at radius 3 is 2.20 bits per heavy atom. The largest absolute Gasteiger partial charge is 0.389 e. The van der Waals surface area contributed by atoms with Crippen molar-refractivity contribution in [2.75, 3.05) is 13.1 Å². The number of hydrogen-bond acceptors (Lipinski definition) is 3. The molecule has 108 valence electrons. The van der Waals surface area contributed by atoms with Crippen LogP contribution in [0.5, 0.6) is 0 Å². The van der Waals surface area contributed by atoms with Gasteiger partial charge in [-0.25, -0.2) is 0 Å². The summed E-state index contributed by atoms with van der Waals surface area (Å²) in [6.07, 6.45) is 0. The number of hydrogen-bond donors (Lipinski definition) is 3. The standard InChI is InChI=1S/C14H19N3O2S/c1-9(2)7-16-12(18)8-17-14(19)11-5-3-10(4-6-11)13(15)20/h3-6,9H,7-8H2,1-2H3,(H2,15,20)(H,16,18)(H,17,19). The summed E-state index contributed by atoms with van der Waals surface area (Å²) in [7, 11) is 0. The second-order valence-electron chi connectivity index (χ2n) is 4.82. The molecule has 0 saturated carbocycles. The smallest absolute Gasteiger partial charge is 0.251 e. The first-order valence-electron chi connectivity index (χ1n) is 6.35. The maximum absolute atomic E-state index is 11.8. The topological polar surface area (TPSA) is 84.2 Å². The Morgan fingerprint density at radius 1 is 1.15 bits per heavy atom. The molecule has 4 N–H and O–H groups in total. The van der Waals surface area contributed by atoms with Gasteiger partial charge in [0.1, 0.15) is 4.99 Å². The predicted octanol–water partition coefficient (Wildman–Crippen LogP) is 0.823. The lowest BCUT2D eigenvalue weighted by molar-refractivity contribution is -0.120. The molecule has 0 fully saturated rings. The zero-order valence-corrected chi connectivity index (χ0v) is 12.4. The van der Waals surface area contributed by atoms with Crippen molar-refractivity contribution in [3.63, 3.8) is 0 Å². The van der Waals surface area contributed by atoms with E-state index in [1.165, 1.54) is 0 Å². The van der Waals surface area contributed by atoms with Crippen molar-refractivity contribution < 1.29 is 9.59 Å². The lowest BCUT2D eigenvalue weighted by Crippen LogP contribution is -2.38. The van der Waals surface area contributed by atoms with E-state index in [1.54, 1.807) is 24.3 Å². The van der Waals surface area contributed by atoms with Gasteiger partial charge in [-0.15, -0.1) is 0 Å². The molecule has 0 heterocycles. The first kappa shape index (κ1) is 16.1. The summed E-state index contributed by atoms with van der Waals surface area (Å²) >= 11 is 4.83. The molecular weight excluding hydrogens is 274 g/mol. The van der Waals surface area contributed by atoms with Gasteiger partial charge >= 0.3 is 0 Å². The molecule has 0 bridgehead atoms. The van der Waals surface area contributed by atoms with Gasteiger partial charge in [-0.1, -0.05) is 38.2 Å². The van der Waals surface area contributed by atoms with Gasteiger partial charge in [0, 0.05) is 17.7 Å². The molecule has 6 heteroatoms. The van der Waals surface area contributed by atoms with E-state index in [4.69, 9.17) is 18.0 Å². The lowest BCUT2D eigenvalue weighted by Gasteiger charge is -2.09. The van der Waals surface area contributed by atoms with E-state index in [0.717, 1.165) is 0 Å². The van der Waals surface area contributed by atoms with Gasteiger partial charge in [0.15, 0.2) is 0 Å². The fourth-order valence-corrected chi connectivity index (χ4v) is 1.57. The molecule has 0 saturated heterocycles. The third-order valence-electron chi connectivity index (χ3n) is 2.55. The Labute approximate surface area is 123 Å². The average Bonchev–Trinajstić information content (AvgIpc) is 2.42. The maximum atomic E-state index is 11.8. The van der Waals surface area contributed by atoms with E-state index in [-0.39, 0.29) is 23.3 Å². The molecule has 20 heavy (non-hydrogen) atoms. The van der Waals surface area contributed by atoms with Crippen molar-refractivity contribution >= 4 is 29.0 Å². The molecule has 0 aliphatic rings. The summed E-state index contributed by atoms with van der Waals surface area (Å²) in [5.74, 6) is -0.131. The fraction of sp³-hybridized carbons (Fsp3) is 0.357. The van der Waals surface area contributed by atoms with Crippen molar-refractivity contribution in [3.05, 3.63) is 35.4 Å². The molecule has 1 rings (SSSR count). The Bertz CT molecular complexity index is 498. The molecule has 0 unspecified atom stereocenters. The van der Waals surface area contributed by atoms with E-state index in [0.29, 0.717) is 23.6 Å². The first-order valence-corrected chi connectivity index (χ1v) is 6.75. The van der Waals surface area contributed by atoms with Gasteiger partial charge in [-0.2, -0.15) is 0 Å².